The Bertz CT molecular complexity index is 1400. The van der Waals surface area contributed by atoms with Crippen molar-refractivity contribution in [3.05, 3.63) is 58.5 Å². The molecule has 0 aliphatic carbocycles. The van der Waals surface area contributed by atoms with E-state index in [0.717, 1.165) is 48.4 Å². The Labute approximate surface area is 184 Å². The van der Waals surface area contributed by atoms with Crippen molar-refractivity contribution in [2.75, 3.05) is 11.9 Å². The van der Waals surface area contributed by atoms with Crippen LogP contribution in [-0.2, 0) is 0 Å². The van der Waals surface area contributed by atoms with Gasteiger partial charge in [0.2, 0.25) is 0 Å². The Morgan fingerprint density at radius 2 is 2.03 bits per heavy atom. The molecular formula is C25H22N4OS. The standard InChI is InChI=1S/C25H22N4OS/c1-13(2)16-8-15(11-26)9-17(10-16)19-5-4-18-20(29-19)6-7-21-22(18)23-24(31-21)25(30)28-14(3)12-27-23/h4-10,13-14,27H,12H2,1-3H3,(H,28,30)/t14-/m1/s1. The first-order valence-electron chi connectivity index (χ1n) is 10.4. The Hall–Kier alpha value is -3.43. The molecule has 0 bridgehead atoms. The van der Waals surface area contributed by atoms with Gasteiger partial charge in [0, 0.05) is 33.6 Å². The van der Waals surface area contributed by atoms with Gasteiger partial charge in [0.25, 0.3) is 5.91 Å². The number of nitrogens with zero attached hydrogens (tertiary/aromatic N) is 2. The molecule has 2 aromatic carbocycles. The minimum absolute atomic E-state index is 0.0269. The van der Waals surface area contributed by atoms with Gasteiger partial charge in [-0.2, -0.15) is 5.26 Å². The lowest BCUT2D eigenvalue weighted by molar-refractivity contribution is 0.0949. The highest BCUT2D eigenvalue weighted by atomic mass is 32.1. The Morgan fingerprint density at radius 1 is 1.19 bits per heavy atom. The second kappa shape index (κ2) is 7.36. The summed E-state index contributed by atoms with van der Waals surface area (Å²) in [6.45, 7) is 6.93. The summed E-state index contributed by atoms with van der Waals surface area (Å²) >= 11 is 1.51. The Morgan fingerprint density at radius 3 is 2.81 bits per heavy atom. The first-order valence-corrected chi connectivity index (χ1v) is 11.2. The van der Waals surface area contributed by atoms with Crippen molar-refractivity contribution >= 4 is 43.9 Å². The molecule has 1 atom stereocenters. The molecule has 4 aromatic rings. The molecule has 2 N–H and O–H groups in total. The fourth-order valence-corrected chi connectivity index (χ4v) is 5.18. The van der Waals surface area contributed by atoms with Crippen LogP contribution in [0.5, 0.6) is 0 Å². The van der Waals surface area contributed by atoms with Crippen LogP contribution in [0.15, 0.2) is 42.5 Å². The third kappa shape index (κ3) is 3.31. The molecule has 3 heterocycles. The predicted octanol–water partition coefficient (Wildman–Crippen LogP) is 5.66. The molecule has 5 nitrogen and oxygen atoms in total. The average molecular weight is 427 g/mol. The average Bonchev–Trinajstić information content (AvgIpc) is 3.09. The molecule has 1 aliphatic heterocycles. The largest absolute Gasteiger partial charge is 0.381 e. The highest BCUT2D eigenvalue weighted by molar-refractivity contribution is 7.21. The number of benzene rings is 2. The number of carbonyl (C=O) groups excluding carboxylic acids is 1. The smallest absolute Gasteiger partial charge is 0.263 e. The van der Waals surface area contributed by atoms with Crippen molar-refractivity contribution in [1.82, 2.24) is 10.3 Å². The van der Waals surface area contributed by atoms with Gasteiger partial charge < -0.3 is 10.6 Å². The molecule has 6 heteroatoms. The van der Waals surface area contributed by atoms with Crippen molar-refractivity contribution in [2.45, 2.75) is 32.7 Å². The summed E-state index contributed by atoms with van der Waals surface area (Å²) in [6, 6.07) is 16.4. The van der Waals surface area contributed by atoms with Gasteiger partial charge in [-0.1, -0.05) is 13.8 Å². The van der Waals surface area contributed by atoms with Crippen LogP contribution in [0, 0.1) is 11.3 Å². The number of thiophene rings is 1. The molecule has 0 spiro atoms. The van der Waals surface area contributed by atoms with Gasteiger partial charge in [0.15, 0.2) is 0 Å². The summed E-state index contributed by atoms with van der Waals surface area (Å²) in [5, 5.41) is 18.0. The first-order chi connectivity index (χ1) is 14.9. The fourth-order valence-electron chi connectivity index (χ4n) is 4.08. The van der Waals surface area contributed by atoms with Crippen molar-refractivity contribution in [3.63, 3.8) is 0 Å². The monoisotopic (exact) mass is 426 g/mol. The van der Waals surface area contributed by atoms with E-state index >= 15 is 0 Å². The number of carbonyl (C=O) groups is 1. The van der Waals surface area contributed by atoms with Crippen molar-refractivity contribution in [1.29, 1.82) is 5.26 Å². The molecule has 2 aromatic heterocycles. The van der Waals surface area contributed by atoms with Crippen LogP contribution in [0.1, 0.15) is 47.5 Å². The van der Waals surface area contributed by atoms with E-state index < -0.39 is 0 Å². The first kappa shape index (κ1) is 19.5. The SMILES string of the molecule is CC(C)c1cc(C#N)cc(-c2ccc3c(ccc4sc5c(c43)NC[C@@H](C)NC5=O)n2)c1. The number of pyridine rings is 1. The predicted molar refractivity (Wildman–Crippen MR) is 127 cm³/mol. The van der Waals surface area contributed by atoms with Gasteiger partial charge in [-0.15, -0.1) is 11.3 Å². The summed E-state index contributed by atoms with van der Waals surface area (Å²) in [4.78, 5) is 18.3. The molecule has 0 saturated heterocycles. The number of nitrogens with one attached hydrogen (secondary N) is 2. The summed E-state index contributed by atoms with van der Waals surface area (Å²) < 4.78 is 1.07. The summed E-state index contributed by atoms with van der Waals surface area (Å²) in [5.41, 5.74) is 5.32. The molecule has 1 aliphatic rings. The van der Waals surface area contributed by atoms with Crippen LogP contribution >= 0.6 is 11.3 Å². The summed E-state index contributed by atoms with van der Waals surface area (Å²) in [6.07, 6.45) is 0. The highest BCUT2D eigenvalue weighted by Crippen LogP contribution is 2.41. The van der Waals surface area contributed by atoms with E-state index in [1.165, 1.54) is 11.3 Å². The number of amides is 1. The minimum atomic E-state index is -0.0269. The van der Waals surface area contributed by atoms with Gasteiger partial charge >= 0.3 is 0 Å². The number of rotatable bonds is 2. The van der Waals surface area contributed by atoms with E-state index in [2.05, 4.69) is 42.7 Å². The molecule has 0 saturated carbocycles. The van der Waals surface area contributed by atoms with Crippen molar-refractivity contribution in [2.24, 2.45) is 0 Å². The van der Waals surface area contributed by atoms with E-state index in [9.17, 15) is 10.1 Å². The van der Waals surface area contributed by atoms with Gasteiger partial charge in [-0.25, -0.2) is 4.98 Å². The van der Waals surface area contributed by atoms with Crippen LogP contribution in [-0.4, -0.2) is 23.5 Å². The maximum Gasteiger partial charge on any atom is 0.263 e. The lowest BCUT2D eigenvalue weighted by Crippen LogP contribution is -2.34. The maximum atomic E-state index is 12.6. The van der Waals surface area contributed by atoms with Gasteiger partial charge in [-0.3, -0.25) is 4.79 Å². The molecule has 1 amide bonds. The minimum Gasteiger partial charge on any atom is -0.381 e. The lowest BCUT2D eigenvalue weighted by atomic mass is 9.96. The third-order valence-electron chi connectivity index (χ3n) is 5.74. The van der Waals surface area contributed by atoms with E-state index in [1.54, 1.807) is 0 Å². The van der Waals surface area contributed by atoms with Crippen LogP contribution in [0.2, 0.25) is 0 Å². The van der Waals surface area contributed by atoms with E-state index in [0.29, 0.717) is 18.0 Å². The lowest BCUT2D eigenvalue weighted by Gasteiger charge is -2.11. The van der Waals surface area contributed by atoms with E-state index in [1.807, 2.05) is 37.3 Å². The summed E-state index contributed by atoms with van der Waals surface area (Å²) in [7, 11) is 0. The van der Waals surface area contributed by atoms with Crippen LogP contribution < -0.4 is 10.6 Å². The molecule has 0 radical (unpaired) electrons. The van der Waals surface area contributed by atoms with Gasteiger partial charge in [0.1, 0.15) is 4.88 Å². The van der Waals surface area contributed by atoms with Crippen LogP contribution in [0.4, 0.5) is 5.69 Å². The van der Waals surface area contributed by atoms with Gasteiger partial charge in [-0.05, 0) is 60.9 Å². The zero-order chi connectivity index (χ0) is 21.7. The number of nitriles is 1. The molecule has 0 fully saturated rings. The van der Waals surface area contributed by atoms with Crippen molar-refractivity contribution < 1.29 is 4.79 Å². The van der Waals surface area contributed by atoms with Crippen molar-refractivity contribution in [3.8, 4) is 17.3 Å². The normalized spacial score (nSPS) is 16.0. The molecule has 5 rings (SSSR count). The number of hydrogen-bond acceptors (Lipinski definition) is 5. The zero-order valence-corrected chi connectivity index (χ0v) is 18.4. The molecule has 31 heavy (non-hydrogen) atoms. The Balaban J connectivity index is 1.69. The molecule has 154 valence electrons. The second-order valence-electron chi connectivity index (χ2n) is 8.37. The fraction of sp³-hybridized carbons (Fsp3) is 0.240. The van der Waals surface area contributed by atoms with E-state index in [-0.39, 0.29) is 11.9 Å². The molecular weight excluding hydrogens is 404 g/mol. The zero-order valence-electron chi connectivity index (χ0n) is 17.6. The topological polar surface area (TPSA) is 77.8 Å². The summed E-state index contributed by atoms with van der Waals surface area (Å²) in [5.74, 6) is 0.300. The maximum absolute atomic E-state index is 12.6. The van der Waals surface area contributed by atoms with Crippen LogP contribution in [0.3, 0.4) is 0 Å². The Kier molecular flexibility index (Phi) is 4.64. The van der Waals surface area contributed by atoms with E-state index in [4.69, 9.17) is 4.98 Å². The number of anilines is 1. The van der Waals surface area contributed by atoms with Gasteiger partial charge in [0.05, 0.1) is 28.5 Å². The number of aromatic nitrogens is 1. The third-order valence-corrected chi connectivity index (χ3v) is 6.89. The molecule has 0 unspecified atom stereocenters. The highest BCUT2D eigenvalue weighted by Gasteiger charge is 2.24. The van der Waals surface area contributed by atoms with Crippen LogP contribution in [0.25, 0.3) is 32.2 Å². The number of fused-ring (bicyclic) bond motifs is 5. The second-order valence-corrected chi connectivity index (χ2v) is 9.43. The quantitative estimate of drug-likeness (QED) is 0.434. The number of hydrogen-bond donors (Lipinski definition) is 2.